The average molecular weight is 402 g/mol. The van der Waals surface area contributed by atoms with Crippen LogP contribution in [-0.4, -0.2) is 56.8 Å². The molecule has 2 aromatic heterocycles. The van der Waals surface area contributed by atoms with Gasteiger partial charge in [-0.3, -0.25) is 4.79 Å². The number of hydrogen-bond acceptors (Lipinski definition) is 5. The highest BCUT2D eigenvalue weighted by atomic mass is 19.1. The summed E-state index contributed by atoms with van der Waals surface area (Å²) in [4.78, 5) is 16.4. The molecule has 0 N–H and O–H groups in total. The maximum atomic E-state index is 13.9. The molecule has 30 heavy (non-hydrogen) atoms. The van der Waals surface area contributed by atoms with Gasteiger partial charge in [0.2, 0.25) is 0 Å². The molecule has 3 heterocycles. The van der Waals surface area contributed by atoms with Gasteiger partial charge in [-0.05, 0) is 24.3 Å². The molecule has 2 aromatic carbocycles. The molecule has 1 saturated heterocycles. The predicted octanol–water partition coefficient (Wildman–Crippen LogP) is 2.89. The highest BCUT2D eigenvalue weighted by Gasteiger charge is 2.25. The standard InChI is InChI=1S/C22H19FN6O/c23-18-9-5-4-8-17(18)22(30)28-14-12-27(13-15-28)20-11-10-19-24-25-21(29(19)26-20)16-6-2-1-3-7-16/h1-11H,12-15H2. The molecule has 8 heteroatoms. The largest absolute Gasteiger partial charge is 0.352 e. The van der Waals surface area contributed by atoms with Crippen LogP contribution in [0.5, 0.6) is 0 Å². The first-order chi connectivity index (χ1) is 14.7. The van der Waals surface area contributed by atoms with E-state index in [1.54, 1.807) is 21.5 Å². The summed E-state index contributed by atoms with van der Waals surface area (Å²) in [5.74, 6) is 0.706. The minimum atomic E-state index is -0.488. The molecule has 0 saturated carbocycles. The number of nitrogens with zero attached hydrogens (tertiary/aromatic N) is 6. The van der Waals surface area contributed by atoms with Gasteiger partial charge in [-0.15, -0.1) is 15.3 Å². The predicted molar refractivity (Wildman–Crippen MR) is 111 cm³/mol. The van der Waals surface area contributed by atoms with E-state index in [0.29, 0.717) is 37.7 Å². The van der Waals surface area contributed by atoms with E-state index in [4.69, 9.17) is 5.10 Å². The van der Waals surface area contributed by atoms with Crippen molar-refractivity contribution < 1.29 is 9.18 Å². The molecule has 5 rings (SSSR count). The maximum Gasteiger partial charge on any atom is 0.256 e. The van der Waals surface area contributed by atoms with Crippen molar-refractivity contribution >= 4 is 17.4 Å². The second-order valence-corrected chi connectivity index (χ2v) is 7.11. The van der Waals surface area contributed by atoms with E-state index < -0.39 is 5.82 Å². The number of hydrogen-bond donors (Lipinski definition) is 0. The summed E-state index contributed by atoms with van der Waals surface area (Å²) in [5, 5.41) is 13.2. The minimum absolute atomic E-state index is 0.113. The number of anilines is 1. The second-order valence-electron chi connectivity index (χ2n) is 7.11. The third-order valence-corrected chi connectivity index (χ3v) is 5.28. The summed E-state index contributed by atoms with van der Waals surface area (Å²) in [6, 6.07) is 19.7. The van der Waals surface area contributed by atoms with Gasteiger partial charge in [0.05, 0.1) is 5.56 Å². The molecular weight excluding hydrogens is 383 g/mol. The van der Waals surface area contributed by atoms with Gasteiger partial charge in [-0.2, -0.15) is 4.52 Å². The van der Waals surface area contributed by atoms with Gasteiger partial charge >= 0.3 is 0 Å². The molecule has 0 atom stereocenters. The van der Waals surface area contributed by atoms with Crippen molar-refractivity contribution in [2.24, 2.45) is 0 Å². The van der Waals surface area contributed by atoms with Gasteiger partial charge in [0.25, 0.3) is 5.91 Å². The maximum absolute atomic E-state index is 13.9. The molecule has 150 valence electrons. The summed E-state index contributed by atoms with van der Waals surface area (Å²) in [6.45, 7) is 2.23. The summed E-state index contributed by atoms with van der Waals surface area (Å²) in [5.41, 5.74) is 1.73. The Morgan fingerprint density at radius 3 is 2.33 bits per heavy atom. The van der Waals surface area contributed by atoms with E-state index in [1.807, 2.05) is 42.5 Å². The number of fused-ring (bicyclic) bond motifs is 1. The lowest BCUT2D eigenvalue weighted by molar-refractivity contribution is 0.0741. The van der Waals surface area contributed by atoms with Crippen LogP contribution in [0.15, 0.2) is 66.7 Å². The highest BCUT2D eigenvalue weighted by Crippen LogP contribution is 2.21. The van der Waals surface area contributed by atoms with Crippen molar-refractivity contribution in [3.05, 3.63) is 78.1 Å². The van der Waals surface area contributed by atoms with E-state index in [0.717, 1.165) is 11.4 Å². The monoisotopic (exact) mass is 402 g/mol. The van der Waals surface area contributed by atoms with Gasteiger partial charge in [0, 0.05) is 31.7 Å². The van der Waals surface area contributed by atoms with Crippen molar-refractivity contribution in [3.63, 3.8) is 0 Å². The van der Waals surface area contributed by atoms with E-state index in [9.17, 15) is 9.18 Å². The quantitative estimate of drug-likeness (QED) is 0.527. The molecule has 1 fully saturated rings. The first-order valence-corrected chi connectivity index (χ1v) is 9.77. The average Bonchev–Trinajstić information content (AvgIpc) is 3.23. The molecule has 0 radical (unpaired) electrons. The lowest BCUT2D eigenvalue weighted by Crippen LogP contribution is -2.49. The summed E-state index contributed by atoms with van der Waals surface area (Å²) in [7, 11) is 0. The molecule has 0 bridgehead atoms. The smallest absolute Gasteiger partial charge is 0.256 e. The highest BCUT2D eigenvalue weighted by molar-refractivity contribution is 5.94. The van der Waals surface area contributed by atoms with E-state index >= 15 is 0 Å². The number of aromatic nitrogens is 4. The Kier molecular flexibility index (Phi) is 4.59. The minimum Gasteiger partial charge on any atom is -0.352 e. The SMILES string of the molecule is O=C(c1ccccc1F)N1CCN(c2ccc3nnc(-c4ccccc4)n3n2)CC1. The van der Waals surface area contributed by atoms with Gasteiger partial charge in [-0.25, -0.2) is 4.39 Å². The van der Waals surface area contributed by atoms with Gasteiger partial charge < -0.3 is 9.80 Å². The van der Waals surface area contributed by atoms with Crippen molar-refractivity contribution in [2.45, 2.75) is 0 Å². The van der Waals surface area contributed by atoms with Gasteiger partial charge in [0.1, 0.15) is 11.6 Å². The number of halogens is 1. The summed E-state index contributed by atoms with van der Waals surface area (Å²) >= 11 is 0. The van der Waals surface area contributed by atoms with Crippen molar-refractivity contribution in [1.82, 2.24) is 24.7 Å². The summed E-state index contributed by atoms with van der Waals surface area (Å²) < 4.78 is 15.7. The normalized spacial score (nSPS) is 14.3. The van der Waals surface area contributed by atoms with Crippen LogP contribution >= 0.6 is 0 Å². The van der Waals surface area contributed by atoms with Crippen LogP contribution in [0.2, 0.25) is 0 Å². The van der Waals surface area contributed by atoms with Crippen LogP contribution in [0, 0.1) is 5.82 Å². The number of rotatable bonds is 3. The topological polar surface area (TPSA) is 66.6 Å². The zero-order valence-electron chi connectivity index (χ0n) is 16.1. The summed E-state index contributed by atoms with van der Waals surface area (Å²) in [6.07, 6.45) is 0. The molecule has 1 aliphatic heterocycles. The van der Waals surface area contributed by atoms with Gasteiger partial charge in [-0.1, -0.05) is 42.5 Å². The number of benzene rings is 2. The van der Waals surface area contributed by atoms with E-state index in [2.05, 4.69) is 15.1 Å². The molecule has 0 aliphatic carbocycles. The van der Waals surface area contributed by atoms with Crippen LogP contribution in [0.3, 0.4) is 0 Å². The Balaban J connectivity index is 1.35. The zero-order valence-corrected chi connectivity index (χ0v) is 16.1. The molecular formula is C22H19FN6O. The third-order valence-electron chi connectivity index (χ3n) is 5.28. The number of carbonyl (C=O) groups excluding carboxylic acids is 1. The number of carbonyl (C=O) groups is 1. The molecule has 4 aromatic rings. The van der Waals surface area contributed by atoms with Gasteiger partial charge in [0.15, 0.2) is 11.5 Å². The number of piperazine rings is 1. The molecule has 1 aliphatic rings. The molecule has 7 nitrogen and oxygen atoms in total. The van der Waals surface area contributed by atoms with Crippen LogP contribution in [0.25, 0.3) is 17.0 Å². The Morgan fingerprint density at radius 1 is 0.833 bits per heavy atom. The number of amides is 1. The first-order valence-electron chi connectivity index (χ1n) is 9.77. The lowest BCUT2D eigenvalue weighted by Gasteiger charge is -2.35. The Hall–Kier alpha value is -3.81. The first kappa shape index (κ1) is 18.2. The van der Waals surface area contributed by atoms with Crippen LogP contribution in [-0.2, 0) is 0 Å². The molecule has 0 unspecified atom stereocenters. The van der Waals surface area contributed by atoms with Crippen LogP contribution in [0.4, 0.5) is 10.2 Å². The molecule has 1 amide bonds. The van der Waals surface area contributed by atoms with Crippen molar-refractivity contribution in [1.29, 1.82) is 0 Å². The fourth-order valence-corrected chi connectivity index (χ4v) is 3.66. The second kappa shape index (κ2) is 7.55. The Labute approximate surface area is 172 Å². The molecule has 0 spiro atoms. The van der Waals surface area contributed by atoms with Crippen LogP contribution < -0.4 is 4.90 Å². The van der Waals surface area contributed by atoms with Crippen LogP contribution in [0.1, 0.15) is 10.4 Å². The lowest BCUT2D eigenvalue weighted by atomic mass is 10.1. The van der Waals surface area contributed by atoms with Crippen molar-refractivity contribution in [3.8, 4) is 11.4 Å². The fraction of sp³-hybridized carbons (Fsp3) is 0.182. The van der Waals surface area contributed by atoms with E-state index in [-0.39, 0.29) is 11.5 Å². The van der Waals surface area contributed by atoms with Crippen molar-refractivity contribution in [2.75, 3.05) is 31.1 Å². The Morgan fingerprint density at radius 2 is 1.57 bits per heavy atom. The Bertz CT molecular complexity index is 1200. The van der Waals surface area contributed by atoms with E-state index in [1.165, 1.54) is 12.1 Å². The fourth-order valence-electron chi connectivity index (χ4n) is 3.66. The third kappa shape index (κ3) is 3.26. The zero-order chi connectivity index (χ0) is 20.5.